The summed E-state index contributed by atoms with van der Waals surface area (Å²) in [5.41, 5.74) is 7.39. The van der Waals surface area contributed by atoms with Gasteiger partial charge in [-0.1, -0.05) is 31.9 Å². The molecule has 2 nitrogen and oxygen atoms in total. The molecule has 0 saturated heterocycles. The van der Waals surface area contributed by atoms with Crippen molar-refractivity contribution in [1.29, 1.82) is 0 Å². The molecule has 1 aliphatic rings. The van der Waals surface area contributed by atoms with Gasteiger partial charge in [-0.3, -0.25) is 4.90 Å². The molecule has 0 heterocycles. The zero-order valence-corrected chi connectivity index (χ0v) is 14.0. The number of nitrogens with two attached hydrogens (primary N) is 1. The van der Waals surface area contributed by atoms with Crippen LogP contribution < -0.4 is 5.73 Å². The molecule has 2 rings (SSSR count). The fraction of sp³-hybridized carbons (Fsp3) is 0.625. The van der Waals surface area contributed by atoms with Crippen molar-refractivity contribution in [2.24, 2.45) is 11.7 Å². The number of hydrogen-bond acceptors (Lipinski definition) is 2. The lowest BCUT2D eigenvalue weighted by atomic mass is 9.83. The van der Waals surface area contributed by atoms with E-state index in [0.717, 1.165) is 19.6 Å². The Bertz CT molecular complexity index is 377. The first-order chi connectivity index (χ1) is 9.24. The molecule has 2 N–H and O–H groups in total. The summed E-state index contributed by atoms with van der Waals surface area (Å²) in [6.45, 7) is 5.30. The number of nitrogens with zero attached hydrogens (tertiary/aromatic N) is 1. The summed E-state index contributed by atoms with van der Waals surface area (Å²) in [5.74, 6) is 0.692. The predicted molar refractivity (Wildman–Crippen MR) is 90.0 cm³/mol. The van der Waals surface area contributed by atoms with Gasteiger partial charge in [-0.25, -0.2) is 0 Å². The Hall–Kier alpha value is -0.130. The summed E-state index contributed by atoms with van der Waals surface area (Å²) in [5, 5.41) is 0. The Morgan fingerprint density at radius 3 is 2.53 bits per heavy atom. The maximum atomic E-state index is 5.97. The smallest absolute Gasteiger partial charge is 0.0236 e. The van der Waals surface area contributed by atoms with Gasteiger partial charge in [0.15, 0.2) is 0 Å². The molecule has 106 valence electrons. The number of rotatable bonds is 5. The SMILES string of the molecule is CCN(Cc1ccc(I)cc1)C1CCCCC1CN. The van der Waals surface area contributed by atoms with Crippen LogP contribution in [0.25, 0.3) is 0 Å². The average molecular weight is 372 g/mol. The van der Waals surface area contributed by atoms with Crippen molar-refractivity contribution >= 4 is 22.6 Å². The lowest BCUT2D eigenvalue weighted by Crippen LogP contribution is -2.44. The van der Waals surface area contributed by atoms with Crippen LogP contribution in [0.15, 0.2) is 24.3 Å². The van der Waals surface area contributed by atoms with Gasteiger partial charge in [-0.15, -0.1) is 0 Å². The molecule has 19 heavy (non-hydrogen) atoms. The van der Waals surface area contributed by atoms with E-state index in [1.807, 2.05) is 0 Å². The van der Waals surface area contributed by atoms with E-state index in [0.29, 0.717) is 12.0 Å². The fourth-order valence-corrected chi connectivity index (χ4v) is 3.59. The highest BCUT2D eigenvalue weighted by atomic mass is 127. The first-order valence-electron chi connectivity index (χ1n) is 7.43. The maximum Gasteiger partial charge on any atom is 0.0236 e. The standard InChI is InChI=1S/C16H25IN2/c1-2-19(12-13-7-9-15(17)10-8-13)16-6-4-3-5-14(16)11-18/h7-10,14,16H,2-6,11-12,18H2,1H3. The average Bonchev–Trinajstić information content (AvgIpc) is 2.46. The zero-order valence-electron chi connectivity index (χ0n) is 11.8. The van der Waals surface area contributed by atoms with Crippen molar-refractivity contribution in [1.82, 2.24) is 4.90 Å². The molecular formula is C16H25IN2. The van der Waals surface area contributed by atoms with Gasteiger partial charge in [0.2, 0.25) is 0 Å². The lowest BCUT2D eigenvalue weighted by molar-refractivity contribution is 0.105. The van der Waals surface area contributed by atoms with Crippen LogP contribution in [0.1, 0.15) is 38.2 Å². The summed E-state index contributed by atoms with van der Waals surface area (Å²) in [4.78, 5) is 2.62. The van der Waals surface area contributed by atoms with E-state index in [1.165, 1.54) is 34.8 Å². The number of hydrogen-bond donors (Lipinski definition) is 1. The molecule has 0 aliphatic heterocycles. The van der Waals surface area contributed by atoms with E-state index in [-0.39, 0.29) is 0 Å². The molecule has 1 aliphatic carbocycles. The minimum Gasteiger partial charge on any atom is -0.330 e. The molecule has 1 aromatic carbocycles. The van der Waals surface area contributed by atoms with Crippen LogP contribution in [0, 0.1) is 9.49 Å². The first kappa shape index (κ1) is 15.3. The second-order valence-corrected chi connectivity index (χ2v) is 6.78. The summed E-state index contributed by atoms with van der Waals surface area (Å²) in [7, 11) is 0. The molecule has 2 unspecified atom stereocenters. The largest absolute Gasteiger partial charge is 0.330 e. The molecule has 2 atom stereocenters. The normalized spacial score (nSPS) is 23.8. The molecule has 0 amide bonds. The van der Waals surface area contributed by atoms with Crippen LogP contribution in [0.4, 0.5) is 0 Å². The molecule has 0 bridgehead atoms. The van der Waals surface area contributed by atoms with Crippen LogP contribution in [0.2, 0.25) is 0 Å². The summed E-state index contributed by atoms with van der Waals surface area (Å²) in [6.07, 6.45) is 5.36. The molecule has 1 fully saturated rings. The van der Waals surface area contributed by atoms with E-state index >= 15 is 0 Å². The summed E-state index contributed by atoms with van der Waals surface area (Å²) in [6, 6.07) is 9.59. The molecule has 3 heteroatoms. The van der Waals surface area contributed by atoms with Gasteiger partial charge >= 0.3 is 0 Å². The Kier molecular flexibility index (Phi) is 6.10. The fourth-order valence-electron chi connectivity index (χ4n) is 3.23. The molecular weight excluding hydrogens is 347 g/mol. The molecule has 1 aromatic rings. The van der Waals surface area contributed by atoms with Gasteiger partial charge in [-0.2, -0.15) is 0 Å². The van der Waals surface area contributed by atoms with Gasteiger partial charge in [0.05, 0.1) is 0 Å². The maximum absolute atomic E-state index is 5.97. The Morgan fingerprint density at radius 1 is 1.21 bits per heavy atom. The van der Waals surface area contributed by atoms with E-state index in [1.54, 1.807) is 0 Å². The first-order valence-corrected chi connectivity index (χ1v) is 8.51. The number of benzene rings is 1. The van der Waals surface area contributed by atoms with Crippen molar-refractivity contribution in [3.8, 4) is 0 Å². The molecule has 0 spiro atoms. The number of halogens is 1. The lowest BCUT2D eigenvalue weighted by Gasteiger charge is -2.39. The monoisotopic (exact) mass is 372 g/mol. The predicted octanol–water partition coefficient (Wildman–Crippen LogP) is 3.63. The van der Waals surface area contributed by atoms with Crippen LogP contribution in [-0.2, 0) is 6.54 Å². The molecule has 1 saturated carbocycles. The van der Waals surface area contributed by atoms with Gasteiger partial charge in [0.25, 0.3) is 0 Å². The highest BCUT2D eigenvalue weighted by Crippen LogP contribution is 2.28. The Balaban J connectivity index is 2.04. The minimum absolute atomic E-state index is 0.683. The third kappa shape index (κ3) is 4.17. The molecule has 0 radical (unpaired) electrons. The highest BCUT2D eigenvalue weighted by molar-refractivity contribution is 14.1. The van der Waals surface area contributed by atoms with E-state index in [2.05, 4.69) is 58.7 Å². The topological polar surface area (TPSA) is 29.3 Å². The quantitative estimate of drug-likeness (QED) is 0.800. The van der Waals surface area contributed by atoms with Crippen molar-refractivity contribution in [3.63, 3.8) is 0 Å². The van der Waals surface area contributed by atoms with E-state index in [4.69, 9.17) is 5.73 Å². The summed E-state index contributed by atoms with van der Waals surface area (Å²) >= 11 is 2.36. The van der Waals surface area contributed by atoms with Crippen LogP contribution in [0.3, 0.4) is 0 Å². The second kappa shape index (κ2) is 7.60. The van der Waals surface area contributed by atoms with Gasteiger partial charge in [-0.05, 0) is 72.1 Å². The summed E-state index contributed by atoms with van der Waals surface area (Å²) < 4.78 is 1.31. The highest BCUT2D eigenvalue weighted by Gasteiger charge is 2.28. The Labute approximate surface area is 130 Å². The van der Waals surface area contributed by atoms with Gasteiger partial charge in [0.1, 0.15) is 0 Å². The van der Waals surface area contributed by atoms with E-state index in [9.17, 15) is 0 Å². The van der Waals surface area contributed by atoms with Crippen molar-refractivity contribution in [3.05, 3.63) is 33.4 Å². The van der Waals surface area contributed by atoms with Crippen LogP contribution in [0.5, 0.6) is 0 Å². The van der Waals surface area contributed by atoms with Crippen molar-refractivity contribution in [2.75, 3.05) is 13.1 Å². The molecule has 0 aromatic heterocycles. The third-order valence-electron chi connectivity index (χ3n) is 4.35. The van der Waals surface area contributed by atoms with Crippen molar-refractivity contribution < 1.29 is 0 Å². The zero-order chi connectivity index (χ0) is 13.7. The van der Waals surface area contributed by atoms with Gasteiger partial charge < -0.3 is 5.73 Å². The second-order valence-electron chi connectivity index (χ2n) is 5.54. The minimum atomic E-state index is 0.683. The van der Waals surface area contributed by atoms with Gasteiger partial charge in [0, 0.05) is 16.2 Å². The van der Waals surface area contributed by atoms with E-state index < -0.39 is 0 Å². The third-order valence-corrected chi connectivity index (χ3v) is 5.06. The van der Waals surface area contributed by atoms with Crippen molar-refractivity contribution in [2.45, 2.75) is 45.2 Å². The Morgan fingerprint density at radius 2 is 1.89 bits per heavy atom. The van der Waals surface area contributed by atoms with Crippen LogP contribution >= 0.6 is 22.6 Å². The van der Waals surface area contributed by atoms with Crippen LogP contribution in [-0.4, -0.2) is 24.0 Å².